The molecule has 0 saturated heterocycles. The van der Waals surface area contributed by atoms with Gasteiger partial charge >= 0.3 is 6.18 Å². The summed E-state index contributed by atoms with van der Waals surface area (Å²) in [6.07, 6.45) is 2.35. The van der Waals surface area contributed by atoms with Crippen molar-refractivity contribution in [3.63, 3.8) is 0 Å². The number of hydrogen-bond donors (Lipinski definition) is 0. The van der Waals surface area contributed by atoms with Crippen molar-refractivity contribution in [1.82, 2.24) is 29.2 Å². The third kappa shape index (κ3) is 5.45. The molecule has 0 spiro atoms. The zero-order valence-corrected chi connectivity index (χ0v) is 23.7. The Morgan fingerprint density at radius 1 is 1.05 bits per heavy atom. The van der Waals surface area contributed by atoms with E-state index in [0.717, 1.165) is 5.82 Å². The van der Waals surface area contributed by atoms with Gasteiger partial charge in [-0.3, -0.25) is 14.5 Å². The number of fused-ring (bicyclic) bond motifs is 1. The van der Waals surface area contributed by atoms with Gasteiger partial charge in [0.25, 0.3) is 5.91 Å². The number of aromatic nitrogens is 5. The minimum atomic E-state index is -4.65. The number of hydrogen-bond acceptors (Lipinski definition) is 5. The lowest BCUT2D eigenvalue weighted by Gasteiger charge is -2.34. The molecule has 4 aromatic rings. The van der Waals surface area contributed by atoms with E-state index in [9.17, 15) is 18.0 Å². The number of methoxy groups -OCH3 is 1. The Morgan fingerprint density at radius 3 is 2.49 bits per heavy atom. The van der Waals surface area contributed by atoms with Crippen LogP contribution >= 0.6 is 0 Å². The molecule has 4 heterocycles. The van der Waals surface area contributed by atoms with Crippen LogP contribution in [0.4, 0.5) is 13.2 Å². The van der Waals surface area contributed by atoms with Crippen molar-refractivity contribution in [1.29, 1.82) is 0 Å². The van der Waals surface area contributed by atoms with Crippen LogP contribution in [0.1, 0.15) is 78.4 Å². The fourth-order valence-corrected chi connectivity index (χ4v) is 5.47. The van der Waals surface area contributed by atoms with Gasteiger partial charge in [-0.05, 0) is 55.2 Å². The third-order valence-electron chi connectivity index (χ3n) is 7.55. The molecule has 3 aromatic heterocycles. The predicted octanol–water partition coefficient (Wildman–Crippen LogP) is 6.12. The van der Waals surface area contributed by atoms with Crippen LogP contribution in [-0.2, 0) is 25.7 Å². The summed E-state index contributed by atoms with van der Waals surface area (Å²) in [4.78, 5) is 24.7. The summed E-state index contributed by atoms with van der Waals surface area (Å²) in [6, 6.07) is 6.73. The molecule has 1 aromatic carbocycles. The Bertz CT molecular complexity index is 1570. The molecule has 41 heavy (non-hydrogen) atoms. The number of imidazole rings is 1. The van der Waals surface area contributed by atoms with Crippen molar-refractivity contribution in [3.05, 3.63) is 83.0 Å². The zero-order chi connectivity index (χ0) is 29.5. The standard InChI is InChI=1S/C30H33F3N6O2/c1-6-38-17-25(27(36-38)30(31,32)33)23-13-20(16-37-12-10-35-28(37)18(2)3)14-24-22(23)8-11-39(29(24)40)19(4)26-15-21(41-5)7-9-34-26/h7,9-10,12-15,17-19H,6,8,11,16H2,1-5H3/t19-/m0/s1. The van der Waals surface area contributed by atoms with E-state index in [-0.39, 0.29) is 30.0 Å². The first-order chi connectivity index (χ1) is 19.5. The number of benzene rings is 1. The molecule has 216 valence electrons. The molecule has 8 nitrogen and oxygen atoms in total. The minimum Gasteiger partial charge on any atom is -0.497 e. The van der Waals surface area contributed by atoms with Gasteiger partial charge in [-0.25, -0.2) is 4.98 Å². The number of ether oxygens (including phenoxy) is 1. The second kappa shape index (κ2) is 11.0. The van der Waals surface area contributed by atoms with Gasteiger partial charge in [0.05, 0.1) is 18.8 Å². The molecule has 1 aliphatic heterocycles. The maximum atomic E-state index is 14.2. The van der Waals surface area contributed by atoms with Crippen LogP contribution in [0.3, 0.4) is 0 Å². The summed E-state index contributed by atoms with van der Waals surface area (Å²) >= 11 is 0. The van der Waals surface area contributed by atoms with Crippen molar-refractivity contribution < 1.29 is 22.7 Å². The van der Waals surface area contributed by atoms with Crippen LogP contribution < -0.4 is 4.74 Å². The van der Waals surface area contributed by atoms with E-state index in [0.29, 0.717) is 53.2 Å². The van der Waals surface area contributed by atoms with Gasteiger partial charge in [0.1, 0.15) is 11.6 Å². The summed E-state index contributed by atoms with van der Waals surface area (Å²) in [7, 11) is 1.57. The van der Waals surface area contributed by atoms with Gasteiger partial charge in [-0.2, -0.15) is 18.3 Å². The van der Waals surface area contributed by atoms with Crippen LogP contribution in [0.15, 0.2) is 49.1 Å². The quantitative estimate of drug-likeness (QED) is 0.257. The van der Waals surface area contributed by atoms with Crippen molar-refractivity contribution in [2.75, 3.05) is 13.7 Å². The van der Waals surface area contributed by atoms with Gasteiger partial charge in [-0.1, -0.05) is 13.8 Å². The Hall–Kier alpha value is -4.15. The molecule has 1 atom stereocenters. The Balaban J connectivity index is 1.64. The first-order valence-corrected chi connectivity index (χ1v) is 13.6. The predicted molar refractivity (Wildman–Crippen MR) is 148 cm³/mol. The summed E-state index contributed by atoms with van der Waals surface area (Å²) < 4.78 is 51.1. The largest absolute Gasteiger partial charge is 0.497 e. The van der Waals surface area contributed by atoms with Gasteiger partial charge in [0.2, 0.25) is 0 Å². The summed E-state index contributed by atoms with van der Waals surface area (Å²) in [5.74, 6) is 1.38. The number of aryl methyl sites for hydroxylation is 1. The number of carbonyl (C=O) groups is 1. The Labute approximate surface area is 236 Å². The Kier molecular flexibility index (Phi) is 7.63. The molecule has 0 saturated carbocycles. The van der Waals surface area contributed by atoms with Crippen LogP contribution in [0, 0.1) is 0 Å². The lowest BCUT2D eigenvalue weighted by Crippen LogP contribution is -2.40. The first-order valence-electron chi connectivity index (χ1n) is 13.6. The highest BCUT2D eigenvalue weighted by Gasteiger charge is 2.39. The zero-order valence-electron chi connectivity index (χ0n) is 23.7. The summed E-state index contributed by atoms with van der Waals surface area (Å²) in [5, 5.41) is 3.85. The van der Waals surface area contributed by atoms with Crippen LogP contribution in [0.2, 0.25) is 0 Å². The molecule has 0 fully saturated rings. The number of halogens is 3. The molecular formula is C30H33F3N6O2. The number of pyridine rings is 1. The van der Waals surface area contributed by atoms with E-state index in [1.165, 1.54) is 10.9 Å². The SMILES string of the molecule is CCn1cc(-c2cc(Cn3ccnc3C(C)C)cc3c2CCN([C@@H](C)c2cc(OC)ccn2)C3=O)c(C(F)(F)F)n1. The second-order valence-electron chi connectivity index (χ2n) is 10.5. The number of amides is 1. The molecule has 0 aliphatic carbocycles. The molecule has 0 radical (unpaired) electrons. The lowest BCUT2D eigenvalue weighted by atomic mass is 9.87. The molecule has 11 heteroatoms. The topological polar surface area (TPSA) is 78.1 Å². The fraction of sp³-hybridized carbons (Fsp3) is 0.400. The normalized spacial score (nSPS) is 14.5. The van der Waals surface area contributed by atoms with E-state index >= 15 is 0 Å². The number of nitrogens with zero attached hydrogens (tertiary/aromatic N) is 6. The first kappa shape index (κ1) is 28.4. The maximum Gasteiger partial charge on any atom is 0.435 e. The average Bonchev–Trinajstić information content (AvgIpc) is 3.60. The van der Waals surface area contributed by atoms with Crippen molar-refractivity contribution >= 4 is 5.91 Å². The van der Waals surface area contributed by atoms with Crippen LogP contribution in [0.25, 0.3) is 11.1 Å². The van der Waals surface area contributed by atoms with Crippen molar-refractivity contribution in [2.45, 2.75) is 65.3 Å². The maximum absolute atomic E-state index is 14.2. The van der Waals surface area contributed by atoms with Gasteiger partial charge in [0.15, 0.2) is 5.69 Å². The van der Waals surface area contributed by atoms with E-state index in [1.54, 1.807) is 55.6 Å². The summed E-state index contributed by atoms with van der Waals surface area (Å²) in [6.45, 7) is 8.67. The van der Waals surface area contributed by atoms with E-state index < -0.39 is 11.9 Å². The van der Waals surface area contributed by atoms with Crippen LogP contribution in [0.5, 0.6) is 5.75 Å². The highest BCUT2D eigenvalue weighted by atomic mass is 19.4. The molecular weight excluding hydrogens is 533 g/mol. The lowest BCUT2D eigenvalue weighted by molar-refractivity contribution is -0.141. The molecule has 0 bridgehead atoms. The van der Waals surface area contributed by atoms with Crippen LogP contribution in [-0.4, -0.2) is 48.8 Å². The van der Waals surface area contributed by atoms with Gasteiger partial charge in [0, 0.05) is 67.5 Å². The molecule has 1 aliphatic rings. The van der Waals surface area contributed by atoms with Gasteiger partial charge in [-0.15, -0.1) is 0 Å². The summed E-state index contributed by atoms with van der Waals surface area (Å²) in [5.41, 5.74) is 1.78. The number of carbonyl (C=O) groups excluding carboxylic acids is 1. The van der Waals surface area contributed by atoms with E-state index in [4.69, 9.17) is 4.74 Å². The molecule has 0 unspecified atom stereocenters. The van der Waals surface area contributed by atoms with Crippen molar-refractivity contribution in [3.8, 4) is 16.9 Å². The monoisotopic (exact) mass is 566 g/mol. The highest BCUT2D eigenvalue weighted by molar-refractivity contribution is 5.99. The Morgan fingerprint density at radius 2 is 1.80 bits per heavy atom. The highest BCUT2D eigenvalue weighted by Crippen LogP contribution is 2.41. The van der Waals surface area contributed by atoms with E-state index in [1.807, 2.05) is 31.5 Å². The van der Waals surface area contributed by atoms with E-state index in [2.05, 4.69) is 15.1 Å². The average molecular weight is 567 g/mol. The van der Waals surface area contributed by atoms with Crippen molar-refractivity contribution in [2.24, 2.45) is 0 Å². The number of rotatable bonds is 8. The number of alkyl halides is 3. The molecule has 1 amide bonds. The molecule has 5 rings (SSSR count). The second-order valence-corrected chi connectivity index (χ2v) is 10.5. The molecule has 0 N–H and O–H groups in total. The van der Waals surface area contributed by atoms with Gasteiger partial charge < -0.3 is 14.2 Å². The fourth-order valence-electron chi connectivity index (χ4n) is 5.47. The minimum absolute atomic E-state index is 0.0177. The smallest absolute Gasteiger partial charge is 0.435 e. The third-order valence-corrected chi connectivity index (χ3v) is 7.55.